The second-order valence-corrected chi connectivity index (χ2v) is 7.16. The minimum absolute atomic E-state index is 0.0668. The summed E-state index contributed by atoms with van der Waals surface area (Å²) in [6.07, 6.45) is 2.69. The Labute approximate surface area is 173 Å². The predicted octanol–water partition coefficient (Wildman–Crippen LogP) is 3.79. The largest absolute Gasteiger partial charge is 0.339 e. The van der Waals surface area contributed by atoms with Crippen LogP contribution in [0.15, 0.2) is 60.8 Å². The molecule has 3 heterocycles. The van der Waals surface area contributed by atoms with Crippen molar-refractivity contribution in [2.75, 3.05) is 23.3 Å². The Hall–Kier alpha value is -3.94. The number of fused-ring (bicyclic) bond motifs is 1. The molecule has 0 saturated carbocycles. The monoisotopic (exact) mass is 399 g/mol. The van der Waals surface area contributed by atoms with E-state index in [9.17, 15) is 4.79 Å². The lowest BCUT2D eigenvalue weighted by Crippen LogP contribution is -2.46. The highest BCUT2D eigenvalue weighted by atomic mass is 16.2. The van der Waals surface area contributed by atoms with Gasteiger partial charge in [-0.15, -0.1) is 0 Å². The number of carbonyl (C=O) groups is 1. The molecule has 1 saturated heterocycles. The van der Waals surface area contributed by atoms with Gasteiger partial charge in [-0.25, -0.2) is 19.4 Å². The molecule has 8 heteroatoms. The summed E-state index contributed by atoms with van der Waals surface area (Å²) in [5, 5.41) is 11.6. The van der Waals surface area contributed by atoms with Crippen molar-refractivity contribution in [2.24, 2.45) is 0 Å². The van der Waals surface area contributed by atoms with Gasteiger partial charge in [-0.1, -0.05) is 24.3 Å². The lowest BCUT2D eigenvalue weighted by molar-refractivity contribution is 0.243. The summed E-state index contributed by atoms with van der Waals surface area (Å²) in [5.41, 5.74) is 3.37. The van der Waals surface area contributed by atoms with Gasteiger partial charge in [0.25, 0.3) is 0 Å². The van der Waals surface area contributed by atoms with Gasteiger partial charge in [0, 0.05) is 24.5 Å². The second kappa shape index (κ2) is 7.47. The van der Waals surface area contributed by atoms with Gasteiger partial charge in [0.2, 0.25) is 0 Å². The van der Waals surface area contributed by atoms with Crippen LogP contribution in [0.5, 0.6) is 0 Å². The molecule has 1 aliphatic heterocycles. The Balaban J connectivity index is 1.51. The zero-order valence-electron chi connectivity index (χ0n) is 16.5. The molecular formula is C22H21N7O. The lowest BCUT2D eigenvalue weighted by Gasteiger charge is -2.27. The predicted molar refractivity (Wildman–Crippen MR) is 116 cm³/mol. The highest BCUT2D eigenvalue weighted by Crippen LogP contribution is 2.28. The van der Waals surface area contributed by atoms with Gasteiger partial charge in [-0.05, 0) is 43.7 Å². The molecule has 2 aromatic heterocycles. The topological polar surface area (TPSA) is 88.0 Å². The van der Waals surface area contributed by atoms with E-state index in [1.54, 1.807) is 11.1 Å². The van der Waals surface area contributed by atoms with Crippen LogP contribution in [0, 0.1) is 6.92 Å². The maximum Gasteiger partial charge on any atom is 0.321 e. The van der Waals surface area contributed by atoms with Crippen LogP contribution in [-0.4, -0.2) is 38.9 Å². The third-order valence-corrected chi connectivity index (χ3v) is 5.04. The summed E-state index contributed by atoms with van der Waals surface area (Å²) in [5.74, 6) is 1.33. The van der Waals surface area contributed by atoms with E-state index in [1.807, 2.05) is 66.2 Å². The van der Waals surface area contributed by atoms with Crippen molar-refractivity contribution in [2.45, 2.75) is 13.3 Å². The highest BCUT2D eigenvalue weighted by molar-refractivity contribution is 5.94. The number of aromatic nitrogens is 4. The molecule has 2 N–H and O–H groups in total. The molecule has 0 atom stereocenters. The molecule has 2 amide bonds. The second-order valence-electron chi connectivity index (χ2n) is 7.16. The summed E-state index contributed by atoms with van der Waals surface area (Å²) in [6.45, 7) is 3.29. The first-order valence-electron chi connectivity index (χ1n) is 9.89. The summed E-state index contributed by atoms with van der Waals surface area (Å²) in [4.78, 5) is 23.1. The average molecular weight is 399 g/mol. The number of hydrogen-bond donors (Lipinski definition) is 2. The molecule has 0 aliphatic carbocycles. The minimum Gasteiger partial charge on any atom is -0.339 e. The fourth-order valence-corrected chi connectivity index (χ4v) is 3.63. The summed E-state index contributed by atoms with van der Waals surface area (Å²) >= 11 is 0. The Morgan fingerprint density at radius 3 is 2.70 bits per heavy atom. The van der Waals surface area contributed by atoms with Gasteiger partial charge < -0.3 is 10.6 Å². The van der Waals surface area contributed by atoms with Crippen LogP contribution >= 0.6 is 0 Å². The number of amides is 2. The van der Waals surface area contributed by atoms with Crippen molar-refractivity contribution < 1.29 is 4.79 Å². The van der Waals surface area contributed by atoms with E-state index in [-0.39, 0.29) is 6.03 Å². The maximum atomic E-state index is 12.2. The SMILES string of the molecule is Cc1nc(Nc2cccc(N3CCCNC3=O)c2)c2cnn(-c3ccccc3)c2n1. The van der Waals surface area contributed by atoms with Crippen LogP contribution in [0.4, 0.5) is 22.0 Å². The first-order chi connectivity index (χ1) is 14.7. The number of para-hydroxylation sites is 1. The van der Waals surface area contributed by atoms with E-state index < -0.39 is 0 Å². The number of nitrogens with one attached hydrogen (secondary N) is 2. The minimum atomic E-state index is -0.0668. The molecule has 5 rings (SSSR count). The number of aryl methyl sites for hydroxylation is 1. The number of anilines is 3. The van der Waals surface area contributed by atoms with E-state index in [0.717, 1.165) is 41.1 Å². The fourth-order valence-electron chi connectivity index (χ4n) is 3.63. The molecule has 0 unspecified atom stereocenters. The van der Waals surface area contributed by atoms with Crippen LogP contribution in [0.1, 0.15) is 12.2 Å². The molecule has 0 bridgehead atoms. The van der Waals surface area contributed by atoms with Crippen molar-refractivity contribution in [3.8, 4) is 5.69 Å². The van der Waals surface area contributed by atoms with E-state index in [1.165, 1.54) is 0 Å². The molecule has 150 valence electrons. The van der Waals surface area contributed by atoms with Crippen LogP contribution in [0.2, 0.25) is 0 Å². The third kappa shape index (κ3) is 3.32. The molecule has 2 aromatic carbocycles. The van der Waals surface area contributed by atoms with E-state index >= 15 is 0 Å². The van der Waals surface area contributed by atoms with Crippen molar-refractivity contribution >= 4 is 34.3 Å². The van der Waals surface area contributed by atoms with Crippen molar-refractivity contribution in [3.63, 3.8) is 0 Å². The van der Waals surface area contributed by atoms with Crippen LogP contribution < -0.4 is 15.5 Å². The van der Waals surface area contributed by atoms with Gasteiger partial charge in [-0.2, -0.15) is 5.10 Å². The third-order valence-electron chi connectivity index (χ3n) is 5.04. The number of benzene rings is 2. The number of carbonyl (C=O) groups excluding carboxylic acids is 1. The van der Waals surface area contributed by atoms with Crippen LogP contribution in [0.25, 0.3) is 16.7 Å². The lowest BCUT2D eigenvalue weighted by atomic mass is 10.2. The van der Waals surface area contributed by atoms with E-state index in [4.69, 9.17) is 0 Å². The molecule has 1 aliphatic rings. The molecule has 0 radical (unpaired) electrons. The van der Waals surface area contributed by atoms with E-state index in [2.05, 4.69) is 25.7 Å². The molecule has 8 nitrogen and oxygen atoms in total. The highest BCUT2D eigenvalue weighted by Gasteiger charge is 2.19. The summed E-state index contributed by atoms with van der Waals surface area (Å²) in [6, 6.07) is 17.6. The van der Waals surface area contributed by atoms with Crippen molar-refractivity contribution in [1.29, 1.82) is 0 Å². The Morgan fingerprint density at radius 2 is 1.87 bits per heavy atom. The van der Waals surface area contributed by atoms with Crippen LogP contribution in [-0.2, 0) is 0 Å². The maximum absolute atomic E-state index is 12.2. The van der Waals surface area contributed by atoms with Crippen molar-refractivity contribution in [1.82, 2.24) is 25.1 Å². The molecule has 0 spiro atoms. The zero-order chi connectivity index (χ0) is 20.5. The molecule has 1 fully saturated rings. The van der Waals surface area contributed by atoms with Gasteiger partial charge in [0.05, 0.1) is 17.3 Å². The van der Waals surface area contributed by atoms with E-state index in [0.29, 0.717) is 18.2 Å². The summed E-state index contributed by atoms with van der Waals surface area (Å²) in [7, 11) is 0. The van der Waals surface area contributed by atoms with Crippen LogP contribution in [0.3, 0.4) is 0 Å². The summed E-state index contributed by atoms with van der Waals surface area (Å²) < 4.78 is 1.81. The smallest absolute Gasteiger partial charge is 0.321 e. The fraction of sp³-hybridized carbons (Fsp3) is 0.182. The molecular weight excluding hydrogens is 378 g/mol. The van der Waals surface area contributed by atoms with Crippen molar-refractivity contribution in [3.05, 3.63) is 66.6 Å². The Morgan fingerprint density at radius 1 is 1.03 bits per heavy atom. The number of urea groups is 1. The number of nitrogens with zero attached hydrogens (tertiary/aromatic N) is 5. The van der Waals surface area contributed by atoms with Gasteiger partial charge >= 0.3 is 6.03 Å². The Bertz CT molecular complexity index is 1220. The zero-order valence-corrected chi connectivity index (χ0v) is 16.5. The first-order valence-corrected chi connectivity index (χ1v) is 9.89. The molecule has 30 heavy (non-hydrogen) atoms. The standard InChI is InChI=1S/C22H21N7O/c1-15-25-20(19-14-24-29(21(19)26-15)17-8-3-2-4-9-17)27-16-7-5-10-18(13-16)28-12-6-11-23-22(28)30/h2-5,7-10,13-14H,6,11-12H2,1H3,(H,23,30)(H,25,26,27). The van der Waals surface area contributed by atoms with Gasteiger partial charge in [-0.3, -0.25) is 4.90 Å². The van der Waals surface area contributed by atoms with Gasteiger partial charge in [0.15, 0.2) is 5.65 Å². The number of rotatable bonds is 4. The van der Waals surface area contributed by atoms with Gasteiger partial charge in [0.1, 0.15) is 11.6 Å². The normalized spacial score (nSPS) is 14.0. The number of hydrogen-bond acceptors (Lipinski definition) is 5. The average Bonchev–Trinajstić information content (AvgIpc) is 3.19. The molecule has 4 aromatic rings. The first kappa shape index (κ1) is 18.1. The quantitative estimate of drug-likeness (QED) is 0.545. The Kier molecular flexibility index (Phi) is 4.51.